The van der Waals surface area contributed by atoms with E-state index in [1.165, 1.54) is 7.11 Å². The quantitative estimate of drug-likeness (QED) is 0.791. The van der Waals surface area contributed by atoms with Crippen molar-refractivity contribution in [3.8, 4) is 28.7 Å². The van der Waals surface area contributed by atoms with Crippen molar-refractivity contribution in [1.29, 1.82) is 0 Å². The maximum absolute atomic E-state index is 11.0. The summed E-state index contributed by atoms with van der Waals surface area (Å²) in [6.07, 6.45) is 1.41. The Morgan fingerprint density at radius 2 is 1.73 bits per heavy atom. The third-order valence-electron chi connectivity index (χ3n) is 3.14. The summed E-state index contributed by atoms with van der Waals surface area (Å²) in [7, 11) is 1.47. The molecule has 0 saturated carbocycles. The van der Waals surface area contributed by atoms with Crippen LogP contribution in [0.5, 0.6) is 28.7 Å². The molecule has 3 rings (SSSR count). The van der Waals surface area contributed by atoms with Crippen LogP contribution >= 0.6 is 0 Å². The summed E-state index contributed by atoms with van der Waals surface area (Å²) in [5.41, 5.74) is 0.874. The van der Waals surface area contributed by atoms with Gasteiger partial charge in [0.2, 0.25) is 12.5 Å². The molecule has 6 nitrogen and oxygen atoms in total. The van der Waals surface area contributed by atoms with Gasteiger partial charge >= 0.3 is 0 Å². The molecule has 0 aromatic heterocycles. The number of benzene rings is 2. The van der Waals surface area contributed by atoms with Crippen LogP contribution in [0.15, 0.2) is 30.3 Å². The largest absolute Gasteiger partial charge is 0.493 e. The average Bonchev–Trinajstić information content (AvgIpc) is 3.03. The Labute approximate surface area is 126 Å². The van der Waals surface area contributed by atoms with Crippen molar-refractivity contribution in [3.05, 3.63) is 41.5 Å². The van der Waals surface area contributed by atoms with E-state index in [0.717, 1.165) is 0 Å². The van der Waals surface area contributed by atoms with Crippen LogP contribution in [0.4, 0.5) is 0 Å². The molecule has 0 aliphatic carbocycles. The van der Waals surface area contributed by atoms with E-state index in [1.54, 1.807) is 30.3 Å². The topological polar surface area (TPSA) is 71.1 Å². The van der Waals surface area contributed by atoms with Gasteiger partial charge in [0.25, 0.3) is 0 Å². The van der Waals surface area contributed by atoms with Gasteiger partial charge in [-0.25, -0.2) is 0 Å². The molecule has 1 aliphatic heterocycles. The molecule has 1 aliphatic rings. The van der Waals surface area contributed by atoms with Crippen LogP contribution in [0.25, 0.3) is 0 Å². The van der Waals surface area contributed by atoms with Gasteiger partial charge in [-0.2, -0.15) is 0 Å². The summed E-state index contributed by atoms with van der Waals surface area (Å²) >= 11 is 0. The second kappa shape index (κ2) is 5.77. The zero-order valence-electron chi connectivity index (χ0n) is 11.7. The molecular weight excluding hydrogens is 288 g/mol. The Hall–Kier alpha value is -3.02. The molecule has 0 amide bonds. The van der Waals surface area contributed by atoms with Gasteiger partial charge in [0.15, 0.2) is 23.0 Å². The molecule has 0 radical (unpaired) electrons. The number of carbonyl (C=O) groups is 2. The number of aldehydes is 2. The molecule has 1 heterocycles. The molecule has 0 spiro atoms. The van der Waals surface area contributed by atoms with E-state index >= 15 is 0 Å². The fraction of sp³-hybridized carbons (Fsp3) is 0.125. The highest BCUT2D eigenvalue weighted by atomic mass is 16.7. The number of ether oxygens (including phenoxy) is 4. The van der Waals surface area contributed by atoms with Crippen molar-refractivity contribution in [2.45, 2.75) is 0 Å². The Morgan fingerprint density at radius 1 is 0.955 bits per heavy atom. The van der Waals surface area contributed by atoms with Gasteiger partial charge in [-0.3, -0.25) is 9.59 Å². The van der Waals surface area contributed by atoms with Crippen LogP contribution in [0.2, 0.25) is 0 Å². The smallest absolute Gasteiger partial charge is 0.231 e. The first-order valence-electron chi connectivity index (χ1n) is 6.45. The number of fused-ring (bicyclic) bond motifs is 1. The van der Waals surface area contributed by atoms with Crippen molar-refractivity contribution in [3.63, 3.8) is 0 Å². The van der Waals surface area contributed by atoms with Crippen LogP contribution < -0.4 is 18.9 Å². The van der Waals surface area contributed by atoms with Crippen molar-refractivity contribution in [2.75, 3.05) is 13.9 Å². The van der Waals surface area contributed by atoms with Crippen LogP contribution in [0.1, 0.15) is 20.7 Å². The van der Waals surface area contributed by atoms with Gasteiger partial charge in [-0.05, 0) is 30.3 Å². The van der Waals surface area contributed by atoms with Crippen molar-refractivity contribution in [1.82, 2.24) is 0 Å². The van der Waals surface area contributed by atoms with Gasteiger partial charge in [-0.15, -0.1) is 0 Å². The molecule has 6 heteroatoms. The van der Waals surface area contributed by atoms with E-state index in [2.05, 4.69) is 0 Å². The normalized spacial score (nSPS) is 11.9. The lowest BCUT2D eigenvalue weighted by atomic mass is 10.2. The molecule has 0 fully saturated rings. The lowest BCUT2D eigenvalue weighted by Crippen LogP contribution is -1.95. The first-order chi connectivity index (χ1) is 10.7. The van der Waals surface area contributed by atoms with Crippen molar-refractivity contribution < 1.29 is 28.5 Å². The predicted octanol–water partition coefficient (Wildman–Crippen LogP) is 2.84. The van der Waals surface area contributed by atoms with Gasteiger partial charge in [0, 0.05) is 11.1 Å². The highest BCUT2D eigenvalue weighted by molar-refractivity contribution is 5.79. The van der Waals surface area contributed by atoms with E-state index in [4.69, 9.17) is 18.9 Å². The molecule has 0 atom stereocenters. The molecular formula is C16H12O6. The van der Waals surface area contributed by atoms with E-state index in [0.29, 0.717) is 52.4 Å². The van der Waals surface area contributed by atoms with E-state index in [-0.39, 0.29) is 6.79 Å². The predicted molar refractivity (Wildman–Crippen MR) is 76.4 cm³/mol. The van der Waals surface area contributed by atoms with E-state index in [9.17, 15) is 9.59 Å². The summed E-state index contributed by atoms with van der Waals surface area (Å²) in [5.74, 6) is 2.01. The molecule has 0 saturated heterocycles. The summed E-state index contributed by atoms with van der Waals surface area (Å²) in [5, 5.41) is 0. The summed E-state index contributed by atoms with van der Waals surface area (Å²) in [6, 6.07) is 7.90. The lowest BCUT2D eigenvalue weighted by Gasteiger charge is -2.12. The van der Waals surface area contributed by atoms with Crippen molar-refractivity contribution in [2.24, 2.45) is 0 Å². The fourth-order valence-corrected chi connectivity index (χ4v) is 2.10. The average molecular weight is 300 g/mol. The third kappa shape index (κ3) is 2.46. The third-order valence-corrected chi connectivity index (χ3v) is 3.14. The summed E-state index contributed by atoms with van der Waals surface area (Å²) in [6.45, 7) is 0.0647. The van der Waals surface area contributed by atoms with Crippen LogP contribution in [0.3, 0.4) is 0 Å². The first kappa shape index (κ1) is 13.9. The van der Waals surface area contributed by atoms with Crippen molar-refractivity contribution >= 4 is 12.6 Å². The molecule has 0 unspecified atom stereocenters. The van der Waals surface area contributed by atoms with E-state index in [1.807, 2.05) is 0 Å². The molecule has 2 aromatic rings. The Morgan fingerprint density at radius 3 is 2.45 bits per heavy atom. The van der Waals surface area contributed by atoms with E-state index < -0.39 is 0 Å². The maximum Gasteiger partial charge on any atom is 0.231 e. The molecule has 0 N–H and O–H groups in total. The number of rotatable bonds is 5. The van der Waals surface area contributed by atoms with Crippen LogP contribution in [0, 0.1) is 0 Å². The Balaban J connectivity index is 2.01. The van der Waals surface area contributed by atoms with Crippen LogP contribution in [-0.2, 0) is 0 Å². The van der Waals surface area contributed by atoms with Crippen LogP contribution in [-0.4, -0.2) is 26.5 Å². The highest BCUT2D eigenvalue weighted by Gasteiger charge is 2.22. The van der Waals surface area contributed by atoms with Gasteiger partial charge in [0.1, 0.15) is 12.6 Å². The fourth-order valence-electron chi connectivity index (χ4n) is 2.10. The first-order valence-corrected chi connectivity index (χ1v) is 6.45. The number of carbonyl (C=O) groups excluding carboxylic acids is 2. The lowest BCUT2D eigenvalue weighted by molar-refractivity contribution is 0.111. The minimum Gasteiger partial charge on any atom is -0.493 e. The van der Waals surface area contributed by atoms with Gasteiger partial charge in [-0.1, -0.05) is 0 Å². The number of hydrogen-bond donors (Lipinski definition) is 0. The monoisotopic (exact) mass is 300 g/mol. The zero-order chi connectivity index (χ0) is 15.5. The highest BCUT2D eigenvalue weighted by Crippen LogP contribution is 2.45. The number of methoxy groups -OCH3 is 1. The SMILES string of the molecule is COc1cc(C=O)ccc1Oc1cc(C=O)cc2c1OCO2. The Bertz CT molecular complexity index is 738. The molecule has 112 valence electrons. The van der Waals surface area contributed by atoms with Gasteiger partial charge < -0.3 is 18.9 Å². The molecule has 0 bridgehead atoms. The zero-order valence-corrected chi connectivity index (χ0v) is 11.7. The molecule has 22 heavy (non-hydrogen) atoms. The summed E-state index contributed by atoms with van der Waals surface area (Å²) in [4.78, 5) is 21.8. The maximum atomic E-state index is 11.0. The minimum atomic E-state index is 0.0647. The second-order valence-corrected chi connectivity index (χ2v) is 4.50. The number of hydrogen-bond acceptors (Lipinski definition) is 6. The van der Waals surface area contributed by atoms with Gasteiger partial charge in [0.05, 0.1) is 7.11 Å². The molecule has 2 aromatic carbocycles. The second-order valence-electron chi connectivity index (χ2n) is 4.50. The standard InChI is InChI=1S/C16H12O6/c1-19-13-4-10(7-17)2-3-12(13)22-15-6-11(8-18)5-14-16(15)21-9-20-14/h2-8H,9H2,1H3. The Kier molecular flexibility index (Phi) is 3.65. The minimum absolute atomic E-state index is 0.0647. The summed E-state index contributed by atoms with van der Waals surface area (Å²) < 4.78 is 21.6.